The number of hydrogen-bond donors (Lipinski definition) is 0. The van der Waals surface area contributed by atoms with Gasteiger partial charge in [0.15, 0.2) is 17.4 Å². The molecule has 2 nitrogen and oxygen atoms in total. The molecule has 0 saturated heterocycles. The molecule has 0 aromatic rings. The van der Waals surface area contributed by atoms with Crippen LogP contribution in [0.25, 0.3) is 0 Å². The summed E-state index contributed by atoms with van der Waals surface area (Å²) in [5.41, 5.74) is 0. The Labute approximate surface area is 125 Å². The van der Waals surface area contributed by atoms with Gasteiger partial charge in [-0.25, -0.2) is 0 Å². The normalized spacial score (nSPS) is 13.3. The molecule has 19 heavy (non-hydrogen) atoms. The Morgan fingerprint density at radius 1 is 0.842 bits per heavy atom. The first-order chi connectivity index (χ1) is 8.68. The van der Waals surface area contributed by atoms with Gasteiger partial charge in [0, 0.05) is 0 Å². The van der Waals surface area contributed by atoms with E-state index < -0.39 is 25.9 Å². The minimum Gasteiger partial charge on any atom is -0.440 e. The highest BCUT2D eigenvalue weighted by Crippen LogP contribution is 2.22. The van der Waals surface area contributed by atoms with Gasteiger partial charge in [-0.15, -0.1) is 0 Å². The molecule has 0 heterocycles. The molecule has 0 spiro atoms. The molecule has 0 aliphatic heterocycles. The maximum absolute atomic E-state index is 6.45. The lowest BCUT2D eigenvalue weighted by molar-refractivity contribution is 0.399. The van der Waals surface area contributed by atoms with Crippen molar-refractivity contribution in [2.45, 2.75) is 90.8 Å². The minimum absolute atomic E-state index is 0.973. The second-order valence-corrected chi connectivity index (χ2v) is 17.6. The van der Waals surface area contributed by atoms with Crippen molar-refractivity contribution in [3.8, 4) is 0 Å². The maximum atomic E-state index is 6.45. The van der Waals surface area contributed by atoms with Crippen molar-refractivity contribution >= 4 is 25.9 Å². The van der Waals surface area contributed by atoms with Gasteiger partial charge < -0.3 is 8.23 Å². The van der Waals surface area contributed by atoms with Gasteiger partial charge in [-0.1, -0.05) is 45.4 Å². The van der Waals surface area contributed by atoms with E-state index in [1.165, 1.54) is 44.6 Å². The third-order valence-corrected chi connectivity index (χ3v) is 13.1. The summed E-state index contributed by atoms with van der Waals surface area (Å²) in [6.07, 6.45) is 8.24. The van der Waals surface area contributed by atoms with Crippen LogP contribution in [0.4, 0.5) is 0 Å². The SMILES string of the molecule is CCCCCCCC[Si](C)(C)O[Si](C)(C)O[SiH](C)C. The molecule has 0 bridgehead atoms. The van der Waals surface area contributed by atoms with E-state index in [0.717, 1.165) is 0 Å². The van der Waals surface area contributed by atoms with Crippen LogP contribution in [0.2, 0.25) is 45.3 Å². The molecule has 0 aromatic carbocycles. The number of unbranched alkanes of at least 4 members (excludes halogenated alkanes) is 5. The first kappa shape index (κ1) is 19.6. The van der Waals surface area contributed by atoms with Gasteiger partial charge in [0.1, 0.15) is 0 Å². The average molecular weight is 321 g/mol. The van der Waals surface area contributed by atoms with E-state index in [-0.39, 0.29) is 0 Å². The van der Waals surface area contributed by atoms with Crippen molar-refractivity contribution < 1.29 is 8.23 Å². The first-order valence-corrected chi connectivity index (χ1v) is 16.8. The van der Waals surface area contributed by atoms with Gasteiger partial charge in [0.2, 0.25) is 0 Å². The van der Waals surface area contributed by atoms with Gasteiger partial charge in [-0.2, -0.15) is 0 Å². The van der Waals surface area contributed by atoms with E-state index in [4.69, 9.17) is 8.23 Å². The summed E-state index contributed by atoms with van der Waals surface area (Å²) in [5, 5.41) is 0. The average Bonchev–Trinajstić information content (AvgIpc) is 2.19. The first-order valence-electron chi connectivity index (χ1n) is 8.06. The predicted molar refractivity (Wildman–Crippen MR) is 94.2 cm³/mol. The molecule has 5 heteroatoms. The molecule has 0 fully saturated rings. The molecule has 0 aliphatic rings. The van der Waals surface area contributed by atoms with Crippen molar-refractivity contribution in [2.24, 2.45) is 0 Å². The molecular formula is C14H36O2Si3. The van der Waals surface area contributed by atoms with Crippen LogP contribution in [0.1, 0.15) is 45.4 Å². The summed E-state index contributed by atoms with van der Waals surface area (Å²) in [4.78, 5) is 0. The zero-order valence-electron chi connectivity index (χ0n) is 14.3. The van der Waals surface area contributed by atoms with Crippen LogP contribution in [-0.4, -0.2) is 25.9 Å². The molecule has 0 amide bonds. The van der Waals surface area contributed by atoms with Gasteiger partial charge in [-0.3, -0.25) is 0 Å². The largest absolute Gasteiger partial charge is 0.440 e. The zero-order valence-corrected chi connectivity index (χ0v) is 17.5. The Bertz CT molecular complexity index is 231. The van der Waals surface area contributed by atoms with E-state index in [1.807, 2.05) is 0 Å². The monoisotopic (exact) mass is 320 g/mol. The Hall–Kier alpha value is 0.571. The summed E-state index contributed by atoms with van der Waals surface area (Å²) >= 11 is 0. The summed E-state index contributed by atoms with van der Waals surface area (Å²) in [6.45, 7) is 15.9. The second kappa shape index (κ2) is 9.50. The molecule has 0 N–H and O–H groups in total. The molecular weight excluding hydrogens is 284 g/mol. The summed E-state index contributed by atoms with van der Waals surface area (Å²) in [5.74, 6) is 0. The molecule has 0 unspecified atom stereocenters. The molecule has 0 saturated carbocycles. The lowest BCUT2D eigenvalue weighted by atomic mass is 10.1. The summed E-state index contributed by atoms with van der Waals surface area (Å²) < 4.78 is 12.6. The zero-order chi connectivity index (χ0) is 14.9. The van der Waals surface area contributed by atoms with Crippen molar-refractivity contribution in [3.05, 3.63) is 0 Å². The van der Waals surface area contributed by atoms with E-state index in [0.29, 0.717) is 0 Å². The number of hydrogen-bond acceptors (Lipinski definition) is 2. The molecule has 0 aliphatic carbocycles. The van der Waals surface area contributed by atoms with Gasteiger partial charge >= 0.3 is 8.56 Å². The third-order valence-electron chi connectivity index (χ3n) is 3.17. The van der Waals surface area contributed by atoms with Crippen LogP contribution in [0, 0.1) is 0 Å². The van der Waals surface area contributed by atoms with Crippen LogP contribution >= 0.6 is 0 Å². The Morgan fingerprint density at radius 3 is 1.89 bits per heavy atom. The minimum atomic E-state index is -1.86. The lowest BCUT2D eigenvalue weighted by Gasteiger charge is -2.34. The Balaban J connectivity index is 3.90. The van der Waals surface area contributed by atoms with Crippen LogP contribution in [0.3, 0.4) is 0 Å². The van der Waals surface area contributed by atoms with Crippen molar-refractivity contribution in [3.63, 3.8) is 0 Å². The molecule has 0 rings (SSSR count). The standard InChI is InChI=1S/C14H36O2Si3/c1-8-9-10-11-12-13-14-18(4,5)16-19(6,7)15-17(2)3/h17H,8-14H2,1-7H3. The van der Waals surface area contributed by atoms with Gasteiger partial charge in [-0.05, 0) is 45.3 Å². The molecule has 0 radical (unpaired) electrons. The Kier molecular flexibility index (Phi) is 9.78. The molecule has 0 aromatic heterocycles. The highest BCUT2D eigenvalue weighted by Gasteiger charge is 2.34. The fraction of sp³-hybridized carbons (Fsp3) is 1.00. The molecule has 0 atom stereocenters. The van der Waals surface area contributed by atoms with Gasteiger partial charge in [0.05, 0.1) is 0 Å². The van der Waals surface area contributed by atoms with Crippen molar-refractivity contribution in [1.29, 1.82) is 0 Å². The quantitative estimate of drug-likeness (QED) is 0.381. The van der Waals surface area contributed by atoms with E-state index in [1.54, 1.807) is 0 Å². The third kappa shape index (κ3) is 12.1. The predicted octanol–water partition coefficient (Wildman–Crippen LogP) is 5.27. The second-order valence-electron chi connectivity index (χ2n) is 6.95. The lowest BCUT2D eigenvalue weighted by Crippen LogP contribution is -2.48. The fourth-order valence-electron chi connectivity index (χ4n) is 2.64. The Morgan fingerprint density at radius 2 is 1.37 bits per heavy atom. The van der Waals surface area contributed by atoms with Crippen LogP contribution in [0.5, 0.6) is 0 Å². The fourth-order valence-corrected chi connectivity index (χ4v) is 14.6. The molecule has 116 valence electrons. The van der Waals surface area contributed by atoms with Gasteiger partial charge in [0.25, 0.3) is 0 Å². The maximum Gasteiger partial charge on any atom is 0.310 e. The van der Waals surface area contributed by atoms with E-state index >= 15 is 0 Å². The van der Waals surface area contributed by atoms with Crippen molar-refractivity contribution in [2.75, 3.05) is 0 Å². The highest BCUT2D eigenvalue weighted by molar-refractivity contribution is 6.84. The van der Waals surface area contributed by atoms with Crippen LogP contribution < -0.4 is 0 Å². The van der Waals surface area contributed by atoms with E-state index in [2.05, 4.69) is 46.2 Å². The van der Waals surface area contributed by atoms with Crippen LogP contribution in [-0.2, 0) is 8.23 Å². The summed E-state index contributed by atoms with van der Waals surface area (Å²) in [6, 6.07) is 1.29. The topological polar surface area (TPSA) is 18.5 Å². The number of rotatable bonds is 11. The van der Waals surface area contributed by atoms with Crippen LogP contribution in [0.15, 0.2) is 0 Å². The smallest absolute Gasteiger partial charge is 0.310 e. The van der Waals surface area contributed by atoms with E-state index in [9.17, 15) is 0 Å². The highest BCUT2D eigenvalue weighted by atomic mass is 28.5. The van der Waals surface area contributed by atoms with Crippen molar-refractivity contribution in [1.82, 2.24) is 0 Å². The summed E-state index contributed by atoms with van der Waals surface area (Å²) in [7, 11) is -4.35.